The Morgan fingerprint density at radius 1 is 0.933 bits per heavy atom. The number of nitrogens with one attached hydrogen (secondary N) is 1. The standard InChI is InChI=1S/C20H19ClN2O5S2/c1-14(2)28-16-8-10-18(11-9-16)30(26,27)23-20-19(12-15(21)13-22-20)29(24,25)17-6-4-3-5-7-17/h3-14H,1-2H3,(H,22,23). The monoisotopic (exact) mass is 466 g/mol. The van der Waals surface area contributed by atoms with Gasteiger partial charge < -0.3 is 4.74 Å². The Balaban J connectivity index is 1.99. The molecule has 2 aromatic carbocycles. The first-order valence-corrected chi connectivity index (χ1v) is 12.2. The first kappa shape index (κ1) is 22.1. The highest BCUT2D eigenvalue weighted by atomic mass is 35.5. The Hall–Kier alpha value is -2.62. The lowest BCUT2D eigenvalue weighted by atomic mass is 10.3. The van der Waals surface area contributed by atoms with Crippen LogP contribution in [-0.4, -0.2) is 27.9 Å². The van der Waals surface area contributed by atoms with Crippen molar-refractivity contribution in [1.82, 2.24) is 4.98 Å². The molecule has 1 aromatic heterocycles. The van der Waals surface area contributed by atoms with Crippen LogP contribution in [0.1, 0.15) is 13.8 Å². The Morgan fingerprint density at radius 3 is 2.17 bits per heavy atom. The molecular formula is C20H19ClN2O5S2. The fourth-order valence-corrected chi connectivity index (χ4v) is 5.31. The molecule has 0 unspecified atom stereocenters. The van der Waals surface area contributed by atoms with E-state index in [1.54, 1.807) is 18.2 Å². The maximum atomic E-state index is 13.0. The topological polar surface area (TPSA) is 102 Å². The molecular weight excluding hydrogens is 448 g/mol. The third-order valence-electron chi connectivity index (χ3n) is 3.90. The van der Waals surface area contributed by atoms with Gasteiger partial charge in [0.25, 0.3) is 10.0 Å². The zero-order valence-electron chi connectivity index (χ0n) is 16.1. The summed E-state index contributed by atoms with van der Waals surface area (Å²) in [7, 11) is -8.17. The summed E-state index contributed by atoms with van der Waals surface area (Å²) in [5, 5.41) is 0.0580. The van der Waals surface area contributed by atoms with Gasteiger partial charge in [0.05, 0.1) is 20.9 Å². The molecule has 0 amide bonds. The summed E-state index contributed by atoms with van der Waals surface area (Å²) in [6.07, 6.45) is 1.11. The Bertz CT molecular complexity index is 1240. The molecule has 1 N–H and O–H groups in total. The normalized spacial score (nSPS) is 12.0. The van der Waals surface area contributed by atoms with Crippen LogP contribution in [0.25, 0.3) is 0 Å². The predicted octanol–water partition coefficient (Wildman–Crippen LogP) is 4.16. The fraction of sp³-hybridized carbons (Fsp3) is 0.150. The first-order valence-electron chi connectivity index (χ1n) is 8.85. The summed E-state index contributed by atoms with van der Waals surface area (Å²) in [4.78, 5) is 3.49. The van der Waals surface area contributed by atoms with E-state index in [1.165, 1.54) is 42.6 Å². The van der Waals surface area contributed by atoms with Gasteiger partial charge in [-0.05, 0) is 56.3 Å². The summed E-state index contributed by atoms with van der Waals surface area (Å²) in [5.41, 5.74) is 0. The largest absolute Gasteiger partial charge is 0.491 e. The van der Waals surface area contributed by atoms with Gasteiger partial charge >= 0.3 is 0 Å². The van der Waals surface area contributed by atoms with E-state index < -0.39 is 19.9 Å². The van der Waals surface area contributed by atoms with Gasteiger partial charge in [-0.25, -0.2) is 21.8 Å². The number of hydrogen-bond acceptors (Lipinski definition) is 6. The van der Waals surface area contributed by atoms with Crippen molar-refractivity contribution in [2.45, 2.75) is 34.6 Å². The number of sulfonamides is 1. The zero-order valence-corrected chi connectivity index (χ0v) is 18.5. The van der Waals surface area contributed by atoms with Gasteiger partial charge in [-0.15, -0.1) is 0 Å². The molecule has 0 bridgehead atoms. The Morgan fingerprint density at radius 2 is 1.57 bits per heavy atom. The second-order valence-electron chi connectivity index (χ2n) is 6.56. The number of hydrogen-bond donors (Lipinski definition) is 1. The summed E-state index contributed by atoms with van der Waals surface area (Å²) in [5.74, 6) is 0.173. The number of ether oxygens (including phenoxy) is 1. The molecule has 0 atom stereocenters. The summed E-state index contributed by atoms with van der Waals surface area (Å²) >= 11 is 5.94. The number of sulfone groups is 1. The van der Waals surface area contributed by atoms with Crippen molar-refractivity contribution in [3.8, 4) is 5.75 Å². The summed E-state index contributed by atoms with van der Waals surface area (Å²) in [6, 6.07) is 14.5. The van der Waals surface area contributed by atoms with Crippen LogP contribution in [0.4, 0.5) is 5.82 Å². The van der Waals surface area contributed by atoms with E-state index in [2.05, 4.69) is 9.71 Å². The number of halogens is 1. The van der Waals surface area contributed by atoms with E-state index in [0.717, 1.165) is 6.07 Å². The molecule has 0 fully saturated rings. The molecule has 0 aliphatic carbocycles. The Labute approximate surface area is 180 Å². The molecule has 0 spiro atoms. The van der Waals surface area contributed by atoms with Crippen LogP contribution in [0.2, 0.25) is 5.02 Å². The first-order chi connectivity index (χ1) is 14.1. The van der Waals surface area contributed by atoms with E-state index in [1.807, 2.05) is 13.8 Å². The third kappa shape index (κ3) is 4.92. The van der Waals surface area contributed by atoms with Gasteiger partial charge in [-0.1, -0.05) is 29.8 Å². The van der Waals surface area contributed by atoms with E-state index in [4.69, 9.17) is 16.3 Å². The number of nitrogens with zero attached hydrogens (tertiary/aromatic N) is 1. The van der Waals surface area contributed by atoms with Crippen LogP contribution in [0.5, 0.6) is 5.75 Å². The number of anilines is 1. The lowest BCUT2D eigenvalue weighted by Crippen LogP contribution is -2.17. The highest BCUT2D eigenvalue weighted by Crippen LogP contribution is 2.30. The molecule has 1 heterocycles. The van der Waals surface area contributed by atoms with Crippen molar-refractivity contribution >= 4 is 37.3 Å². The van der Waals surface area contributed by atoms with Crippen LogP contribution >= 0.6 is 11.6 Å². The lowest BCUT2D eigenvalue weighted by Gasteiger charge is -2.13. The second kappa shape index (κ2) is 8.63. The van der Waals surface area contributed by atoms with Gasteiger partial charge in [0, 0.05) is 6.20 Å². The molecule has 0 saturated heterocycles. The maximum absolute atomic E-state index is 13.0. The van der Waals surface area contributed by atoms with Gasteiger partial charge in [-0.2, -0.15) is 0 Å². The SMILES string of the molecule is CC(C)Oc1ccc(S(=O)(=O)Nc2ncc(Cl)cc2S(=O)(=O)c2ccccc2)cc1. The number of pyridine rings is 1. The summed E-state index contributed by atoms with van der Waals surface area (Å²) in [6.45, 7) is 3.71. The van der Waals surface area contributed by atoms with Gasteiger partial charge in [0.15, 0.2) is 5.82 Å². The Kier molecular flexibility index (Phi) is 6.35. The average molecular weight is 467 g/mol. The number of aromatic nitrogens is 1. The minimum atomic E-state index is -4.11. The molecule has 158 valence electrons. The molecule has 0 aliphatic heterocycles. The molecule has 0 radical (unpaired) electrons. The molecule has 3 aromatic rings. The third-order valence-corrected chi connectivity index (χ3v) is 7.24. The van der Waals surface area contributed by atoms with Crippen molar-refractivity contribution in [2.75, 3.05) is 4.72 Å². The number of benzene rings is 2. The average Bonchev–Trinajstić information content (AvgIpc) is 2.70. The minimum Gasteiger partial charge on any atom is -0.491 e. The van der Waals surface area contributed by atoms with Crippen molar-refractivity contribution < 1.29 is 21.6 Å². The molecule has 0 aliphatic rings. The highest BCUT2D eigenvalue weighted by molar-refractivity contribution is 7.93. The van der Waals surface area contributed by atoms with Crippen molar-refractivity contribution in [3.63, 3.8) is 0 Å². The van der Waals surface area contributed by atoms with Gasteiger partial charge in [0.2, 0.25) is 9.84 Å². The van der Waals surface area contributed by atoms with Crippen molar-refractivity contribution in [3.05, 3.63) is 71.9 Å². The molecule has 0 saturated carbocycles. The van der Waals surface area contributed by atoms with Crippen LogP contribution in [0.3, 0.4) is 0 Å². The highest BCUT2D eigenvalue weighted by Gasteiger charge is 2.26. The van der Waals surface area contributed by atoms with Crippen LogP contribution in [-0.2, 0) is 19.9 Å². The van der Waals surface area contributed by atoms with Crippen LogP contribution in [0, 0.1) is 0 Å². The van der Waals surface area contributed by atoms with Gasteiger partial charge in [-0.3, -0.25) is 4.72 Å². The van der Waals surface area contributed by atoms with E-state index in [9.17, 15) is 16.8 Å². The molecule has 7 nitrogen and oxygen atoms in total. The van der Waals surface area contributed by atoms with Crippen LogP contribution < -0.4 is 9.46 Å². The van der Waals surface area contributed by atoms with Crippen LogP contribution in [0.15, 0.2) is 81.5 Å². The maximum Gasteiger partial charge on any atom is 0.263 e. The fourth-order valence-electron chi connectivity index (χ4n) is 2.58. The van der Waals surface area contributed by atoms with Crippen molar-refractivity contribution in [1.29, 1.82) is 0 Å². The molecule has 10 heteroatoms. The van der Waals surface area contributed by atoms with E-state index in [0.29, 0.717) is 5.75 Å². The molecule has 30 heavy (non-hydrogen) atoms. The van der Waals surface area contributed by atoms with E-state index in [-0.39, 0.29) is 31.6 Å². The minimum absolute atomic E-state index is 0.00954. The quantitative estimate of drug-likeness (QED) is 0.561. The summed E-state index contributed by atoms with van der Waals surface area (Å²) < 4.78 is 59.4. The zero-order chi connectivity index (χ0) is 21.9. The number of rotatable bonds is 7. The predicted molar refractivity (Wildman–Crippen MR) is 114 cm³/mol. The smallest absolute Gasteiger partial charge is 0.263 e. The van der Waals surface area contributed by atoms with E-state index >= 15 is 0 Å². The van der Waals surface area contributed by atoms with Gasteiger partial charge in [0.1, 0.15) is 10.6 Å². The second-order valence-corrected chi connectivity index (χ2v) is 10.6. The lowest BCUT2D eigenvalue weighted by molar-refractivity contribution is 0.242. The molecule has 3 rings (SSSR count). The van der Waals surface area contributed by atoms with Crippen molar-refractivity contribution in [2.24, 2.45) is 0 Å².